The Balaban J connectivity index is 2.15. The molecule has 1 unspecified atom stereocenters. The zero-order chi connectivity index (χ0) is 25.4. The summed E-state index contributed by atoms with van der Waals surface area (Å²) in [5.41, 5.74) is -0.635. The second-order valence-corrected chi connectivity index (χ2v) is 10.7. The van der Waals surface area contributed by atoms with E-state index in [-0.39, 0.29) is 27.9 Å². The number of nitrogens with zero attached hydrogens (tertiary/aromatic N) is 2. The fourth-order valence-corrected chi connectivity index (χ4v) is 5.60. The van der Waals surface area contributed by atoms with Crippen molar-refractivity contribution in [1.82, 2.24) is 9.55 Å². The van der Waals surface area contributed by atoms with E-state index in [1.807, 2.05) is 0 Å². The molecule has 184 valence electrons. The van der Waals surface area contributed by atoms with Gasteiger partial charge >= 0.3 is 12.1 Å². The monoisotopic (exact) mass is 536 g/mol. The van der Waals surface area contributed by atoms with E-state index in [2.05, 4.69) is 4.98 Å². The molecule has 3 aromatic rings. The van der Waals surface area contributed by atoms with Gasteiger partial charge in [0.05, 0.1) is 18.1 Å². The van der Waals surface area contributed by atoms with E-state index < -0.39 is 45.4 Å². The maximum Gasteiger partial charge on any atom is 0.436 e. The molecular weight excluding hydrogens is 517 g/mol. The van der Waals surface area contributed by atoms with E-state index in [9.17, 15) is 31.5 Å². The number of thiophene rings is 1. The second-order valence-electron chi connectivity index (χ2n) is 7.31. The van der Waals surface area contributed by atoms with Crippen LogP contribution in [0.4, 0.5) is 13.2 Å². The molecule has 0 saturated carbocycles. The highest BCUT2D eigenvalue weighted by Crippen LogP contribution is 2.41. The van der Waals surface area contributed by atoms with Crippen molar-refractivity contribution in [3.8, 4) is 15.4 Å². The number of aromatic nitrogens is 2. The Hall–Kier alpha value is -2.41. The van der Waals surface area contributed by atoms with Gasteiger partial charge in [-0.2, -0.15) is 13.2 Å². The molecule has 0 aliphatic rings. The largest absolute Gasteiger partial charge is 0.465 e. The summed E-state index contributed by atoms with van der Waals surface area (Å²) in [5, 5.41) is 8.97. The highest BCUT2D eigenvalue weighted by Gasteiger charge is 2.40. The number of esters is 1. The summed E-state index contributed by atoms with van der Waals surface area (Å²) in [7, 11) is -3.64. The first-order valence-electron chi connectivity index (χ1n) is 9.86. The normalized spacial score (nSPS) is 13.2. The summed E-state index contributed by atoms with van der Waals surface area (Å²) < 4.78 is 70.8. The van der Waals surface area contributed by atoms with Gasteiger partial charge in [-0.05, 0) is 43.2 Å². The first-order valence-corrected chi connectivity index (χ1v) is 12.9. The minimum atomic E-state index is -4.85. The number of carbonyl (C=O) groups excluding carboxylic acids is 1. The number of aliphatic hydroxyl groups is 1. The van der Waals surface area contributed by atoms with E-state index in [1.54, 1.807) is 19.1 Å². The number of hydrogen-bond acceptors (Lipinski definition) is 7. The number of aliphatic hydroxyl groups excluding tert-OH is 1. The van der Waals surface area contributed by atoms with Gasteiger partial charge < -0.3 is 9.84 Å². The minimum absolute atomic E-state index is 0.0411. The lowest BCUT2D eigenvalue weighted by atomic mass is 10.1. The van der Waals surface area contributed by atoms with Crippen molar-refractivity contribution < 1.29 is 36.2 Å². The molecule has 34 heavy (non-hydrogen) atoms. The summed E-state index contributed by atoms with van der Waals surface area (Å²) in [5.74, 6) is -2.13. The SMILES string of the molecule is CCOC(=O)C(C)c1nc(C(F)(F)F)c(Cl)n1-c1ccc(-c2ccc(CO)c(S(C)(=O)=O)c2)s1. The number of carbonyl (C=O) groups is 1. The molecule has 7 nitrogen and oxygen atoms in total. The predicted molar refractivity (Wildman–Crippen MR) is 121 cm³/mol. The van der Waals surface area contributed by atoms with E-state index in [4.69, 9.17) is 16.3 Å². The van der Waals surface area contributed by atoms with Gasteiger partial charge in [0.25, 0.3) is 0 Å². The number of ether oxygens (including phenoxy) is 1. The van der Waals surface area contributed by atoms with E-state index in [0.29, 0.717) is 10.4 Å². The van der Waals surface area contributed by atoms with Crippen molar-refractivity contribution >= 4 is 38.7 Å². The third-order valence-corrected chi connectivity index (χ3v) is 7.52. The highest BCUT2D eigenvalue weighted by atomic mass is 35.5. The average Bonchev–Trinajstić information content (AvgIpc) is 3.36. The van der Waals surface area contributed by atoms with Gasteiger partial charge in [-0.1, -0.05) is 23.7 Å². The minimum Gasteiger partial charge on any atom is -0.465 e. The van der Waals surface area contributed by atoms with Crippen LogP contribution in [0, 0.1) is 0 Å². The Morgan fingerprint density at radius 2 is 1.97 bits per heavy atom. The molecule has 0 radical (unpaired) electrons. The number of alkyl halides is 3. The molecule has 1 aromatic carbocycles. The van der Waals surface area contributed by atoms with Crippen LogP contribution >= 0.6 is 22.9 Å². The Morgan fingerprint density at radius 3 is 2.53 bits per heavy atom. The van der Waals surface area contributed by atoms with Crippen LogP contribution in [0.3, 0.4) is 0 Å². The van der Waals surface area contributed by atoms with Crippen molar-refractivity contribution in [2.24, 2.45) is 0 Å². The molecule has 0 saturated heterocycles. The summed E-state index contributed by atoms with van der Waals surface area (Å²) in [4.78, 5) is 16.3. The molecular formula is C21H20ClF3N2O5S2. The molecule has 0 spiro atoms. The average molecular weight is 537 g/mol. The molecule has 1 atom stereocenters. The molecule has 2 aromatic heterocycles. The van der Waals surface area contributed by atoms with Crippen LogP contribution in [0.2, 0.25) is 5.15 Å². The van der Waals surface area contributed by atoms with Crippen LogP contribution < -0.4 is 0 Å². The number of rotatable bonds is 7. The van der Waals surface area contributed by atoms with Gasteiger partial charge in [-0.3, -0.25) is 9.36 Å². The van der Waals surface area contributed by atoms with Crippen molar-refractivity contribution in [3.63, 3.8) is 0 Å². The number of hydrogen-bond donors (Lipinski definition) is 1. The third kappa shape index (κ3) is 5.14. The van der Waals surface area contributed by atoms with Gasteiger partial charge in [0.2, 0.25) is 0 Å². The molecule has 0 aliphatic carbocycles. The maximum absolute atomic E-state index is 13.5. The van der Waals surface area contributed by atoms with E-state index in [0.717, 1.165) is 22.2 Å². The Kier molecular flexibility index (Phi) is 7.46. The lowest BCUT2D eigenvalue weighted by Crippen LogP contribution is -2.17. The zero-order valence-corrected chi connectivity index (χ0v) is 20.6. The molecule has 1 N–H and O–H groups in total. The number of benzene rings is 1. The smallest absolute Gasteiger partial charge is 0.436 e. The Labute approximate surface area is 202 Å². The summed E-state index contributed by atoms with van der Waals surface area (Å²) >= 11 is 7.11. The highest BCUT2D eigenvalue weighted by molar-refractivity contribution is 7.90. The molecule has 13 heteroatoms. The second kappa shape index (κ2) is 9.68. The van der Waals surface area contributed by atoms with Crippen molar-refractivity contribution in [2.75, 3.05) is 12.9 Å². The summed E-state index contributed by atoms with van der Waals surface area (Å²) in [6.45, 7) is 2.51. The van der Waals surface area contributed by atoms with Crippen LogP contribution in [0.1, 0.15) is 36.8 Å². The molecule has 2 heterocycles. The summed E-state index contributed by atoms with van der Waals surface area (Å²) in [6, 6.07) is 7.52. The number of halogens is 4. The maximum atomic E-state index is 13.5. The van der Waals surface area contributed by atoms with Crippen molar-refractivity contribution in [2.45, 2.75) is 37.4 Å². The van der Waals surface area contributed by atoms with E-state index >= 15 is 0 Å². The Morgan fingerprint density at radius 1 is 1.29 bits per heavy atom. The van der Waals surface area contributed by atoms with Crippen molar-refractivity contribution in [3.05, 3.63) is 52.6 Å². The number of sulfone groups is 1. The topological polar surface area (TPSA) is 98.5 Å². The fourth-order valence-electron chi connectivity index (χ4n) is 3.26. The van der Waals surface area contributed by atoms with Crippen LogP contribution in [-0.2, 0) is 32.2 Å². The van der Waals surface area contributed by atoms with Gasteiger partial charge in [0.15, 0.2) is 15.5 Å². The zero-order valence-electron chi connectivity index (χ0n) is 18.2. The number of imidazole rings is 1. The van der Waals surface area contributed by atoms with Crippen LogP contribution in [-0.4, -0.2) is 41.9 Å². The predicted octanol–water partition coefficient (Wildman–Crippen LogP) is 4.84. The van der Waals surface area contributed by atoms with Gasteiger partial charge in [-0.15, -0.1) is 11.3 Å². The van der Waals surface area contributed by atoms with Crippen LogP contribution in [0.15, 0.2) is 35.2 Å². The Bertz CT molecular complexity index is 1330. The van der Waals surface area contributed by atoms with Crippen molar-refractivity contribution in [1.29, 1.82) is 0 Å². The fraction of sp³-hybridized carbons (Fsp3) is 0.333. The standard InChI is InChI=1S/C21H20ClF3N2O5S2/c1-4-32-20(29)11(2)19-26-17(21(23,24)25)18(22)27(19)16-8-7-14(33-16)12-5-6-13(10-28)15(9-12)34(3,30)31/h5-9,11,28H,4,10H2,1-3H3. The van der Waals surface area contributed by atoms with Crippen LogP contribution in [0.25, 0.3) is 15.4 Å². The van der Waals surface area contributed by atoms with Gasteiger partial charge in [0, 0.05) is 11.1 Å². The third-order valence-electron chi connectivity index (χ3n) is 4.88. The lowest BCUT2D eigenvalue weighted by Gasteiger charge is -2.12. The molecule has 0 aliphatic heterocycles. The first-order chi connectivity index (χ1) is 15.8. The quantitative estimate of drug-likeness (QED) is 0.434. The van der Waals surface area contributed by atoms with Gasteiger partial charge in [0.1, 0.15) is 21.9 Å². The molecule has 3 rings (SSSR count). The summed E-state index contributed by atoms with van der Waals surface area (Å²) in [6.07, 6.45) is -3.84. The molecule has 0 fully saturated rings. The van der Waals surface area contributed by atoms with Crippen LogP contribution in [0.5, 0.6) is 0 Å². The first kappa shape index (κ1) is 26.2. The van der Waals surface area contributed by atoms with Gasteiger partial charge in [-0.25, -0.2) is 13.4 Å². The molecule has 0 bridgehead atoms. The lowest BCUT2D eigenvalue weighted by molar-refractivity contribution is -0.145. The van der Waals surface area contributed by atoms with E-state index in [1.165, 1.54) is 25.1 Å². The molecule has 0 amide bonds.